The summed E-state index contributed by atoms with van der Waals surface area (Å²) in [7, 11) is 1.24. The van der Waals surface area contributed by atoms with Crippen LogP contribution >= 0.6 is 0 Å². The van der Waals surface area contributed by atoms with Gasteiger partial charge in [0.1, 0.15) is 48.8 Å². The van der Waals surface area contributed by atoms with Gasteiger partial charge in [0.2, 0.25) is 0 Å². The maximum Gasteiger partial charge on any atom is 0.187 e. The fourth-order valence-corrected chi connectivity index (χ4v) is 2.75. The minimum atomic E-state index is -1.69. The summed E-state index contributed by atoms with van der Waals surface area (Å²) < 4.78 is 20.6. The van der Waals surface area contributed by atoms with Crippen LogP contribution in [0.3, 0.4) is 0 Å². The predicted molar refractivity (Wildman–Crippen MR) is 73.4 cm³/mol. The van der Waals surface area contributed by atoms with Gasteiger partial charge in [0.15, 0.2) is 12.6 Å². The lowest BCUT2D eigenvalue weighted by Gasteiger charge is -2.45. The molecule has 2 saturated heterocycles. The number of methoxy groups -OCH3 is 1. The topological polar surface area (TPSA) is 179 Å². The van der Waals surface area contributed by atoms with Gasteiger partial charge in [-0.3, -0.25) is 0 Å². The molecule has 24 heavy (non-hydrogen) atoms. The van der Waals surface area contributed by atoms with E-state index in [0.717, 1.165) is 0 Å². The number of ether oxygens (including phenoxy) is 4. The van der Waals surface area contributed by atoms with Crippen molar-refractivity contribution in [2.24, 2.45) is 0 Å². The first kappa shape index (κ1) is 19.9. The molecule has 2 rings (SSSR count). The molecule has 0 amide bonds. The lowest BCUT2D eigenvalue weighted by Crippen LogP contribution is -2.64. The molecule has 11 nitrogen and oxygen atoms in total. The molecule has 0 bridgehead atoms. The fraction of sp³-hybridized carbons (Fsp3) is 1.00. The van der Waals surface area contributed by atoms with Gasteiger partial charge in [-0.15, -0.1) is 0 Å². The number of aliphatic hydroxyl groups excluding tert-OH is 7. The second kappa shape index (κ2) is 8.29. The van der Waals surface area contributed by atoms with Gasteiger partial charge in [-0.05, 0) is 0 Å². The van der Waals surface area contributed by atoms with E-state index in [-0.39, 0.29) is 0 Å². The number of hydrogen-bond acceptors (Lipinski definition) is 11. The zero-order valence-electron chi connectivity index (χ0n) is 13.0. The summed E-state index contributed by atoms with van der Waals surface area (Å²) >= 11 is 0. The quantitative estimate of drug-likeness (QED) is 0.251. The number of aliphatic hydroxyl groups is 7. The molecule has 11 heteroatoms. The maximum atomic E-state index is 10.2. The summed E-state index contributed by atoms with van der Waals surface area (Å²) in [4.78, 5) is 0. The van der Waals surface area contributed by atoms with Crippen molar-refractivity contribution in [3.8, 4) is 0 Å². The van der Waals surface area contributed by atoms with Crippen LogP contribution in [-0.2, 0) is 18.9 Å². The molecule has 0 spiro atoms. The van der Waals surface area contributed by atoms with Crippen molar-refractivity contribution in [1.82, 2.24) is 0 Å². The van der Waals surface area contributed by atoms with E-state index >= 15 is 0 Å². The van der Waals surface area contributed by atoms with Crippen LogP contribution in [0, 0.1) is 0 Å². The molecule has 0 aromatic rings. The molecule has 0 radical (unpaired) electrons. The fourth-order valence-electron chi connectivity index (χ4n) is 2.75. The van der Waals surface area contributed by atoms with Crippen LogP contribution in [0.4, 0.5) is 0 Å². The first-order valence-electron chi connectivity index (χ1n) is 7.46. The molecule has 0 aromatic heterocycles. The van der Waals surface area contributed by atoms with Crippen molar-refractivity contribution >= 4 is 0 Å². The molecular weight excluding hydrogens is 332 g/mol. The van der Waals surface area contributed by atoms with Gasteiger partial charge in [0, 0.05) is 7.11 Å². The van der Waals surface area contributed by atoms with E-state index in [9.17, 15) is 30.6 Å². The van der Waals surface area contributed by atoms with Gasteiger partial charge >= 0.3 is 0 Å². The summed E-state index contributed by atoms with van der Waals surface area (Å²) in [5.41, 5.74) is 0. The molecule has 0 aromatic carbocycles. The summed E-state index contributed by atoms with van der Waals surface area (Å²) in [6.07, 6.45) is -14.3. The van der Waals surface area contributed by atoms with E-state index < -0.39 is 74.6 Å². The smallest absolute Gasteiger partial charge is 0.187 e. The Morgan fingerprint density at radius 2 is 1.25 bits per heavy atom. The lowest BCUT2D eigenvalue weighted by molar-refractivity contribution is -0.357. The molecule has 7 N–H and O–H groups in total. The highest BCUT2D eigenvalue weighted by Crippen LogP contribution is 2.29. The molecule has 0 aliphatic carbocycles. The van der Waals surface area contributed by atoms with Crippen molar-refractivity contribution in [3.63, 3.8) is 0 Å². The Bertz CT molecular complexity index is 392. The van der Waals surface area contributed by atoms with E-state index in [1.54, 1.807) is 0 Å². The van der Waals surface area contributed by atoms with Crippen molar-refractivity contribution in [1.29, 1.82) is 0 Å². The van der Waals surface area contributed by atoms with Gasteiger partial charge in [-0.2, -0.15) is 0 Å². The Hall–Kier alpha value is -0.440. The Balaban J connectivity index is 2.12. The second-order valence-corrected chi connectivity index (χ2v) is 5.74. The Kier molecular flexibility index (Phi) is 6.87. The first-order chi connectivity index (χ1) is 11.3. The molecule has 0 saturated carbocycles. The molecule has 2 aliphatic rings. The van der Waals surface area contributed by atoms with Crippen molar-refractivity contribution in [2.75, 3.05) is 20.3 Å². The first-order valence-corrected chi connectivity index (χ1v) is 7.46. The van der Waals surface area contributed by atoms with Crippen LogP contribution in [-0.4, -0.2) is 117 Å². The van der Waals surface area contributed by atoms with Crippen LogP contribution in [0.5, 0.6) is 0 Å². The molecule has 142 valence electrons. The third-order valence-electron chi connectivity index (χ3n) is 4.19. The van der Waals surface area contributed by atoms with Crippen molar-refractivity contribution in [3.05, 3.63) is 0 Å². The van der Waals surface area contributed by atoms with E-state index in [4.69, 9.17) is 24.1 Å². The van der Waals surface area contributed by atoms with Gasteiger partial charge in [-0.1, -0.05) is 0 Å². The SMILES string of the molecule is CO[C@@H]1O[C@H](CO)[C@@H](O[C@H]2O[C@H](CO)[C@@H](O)[C@H](O)[C@@H]2O)[C@H](O)[C@@H]1O. The van der Waals surface area contributed by atoms with Gasteiger partial charge in [-0.25, -0.2) is 0 Å². The van der Waals surface area contributed by atoms with Crippen LogP contribution in [0.2, 0.25) is 0 Å². The van der Waals surface area contributed by atoms with Crippen LogP contribution in [0.15, 0.2) is 0 Å². The zero-order valence-corrected chi connectivity index (χ0v) is 13.0. The summed E-state index contributed by atoms with van der Waals surface area (Å²) in [6, 6.07) is 0. The highest BCUT2D eigenvalue weighted by Gasteiger charge is 2.50. The highest BCUT2D eigenvalue weighted by molar-refractivity contribution is 4.93. The van der Waals surface area contributed by atoms with E-state index in [1.165, 1.54) is 7.11 Å². The summed E-state index contributed by atoms with van der Waals surface area (Å²) in [6.45, 7) is -1.24. The maximum absolute atomic E-state index is 10.2. The van der Waals surface area contributed by atoms with Crippen LogP contribution in [0.1, 0.15) is 0 Å². The molecule has 0 unspecified atom stereocenters. The normalized spacial score (nSPS) is 50.0. The Morgan fingerprint density at radius 3 is 1.79 bits per heavy atom. The van der Waals surface area contributed by atoms with Crippen molar-refractivity contribution in [2.45, 2.75) is 61.4 Å². The van der Waals surface area contributed by atoms with Gasteiger partial charge < -0.3 is 54.7 Å². The summed E-state index contributed by atoms with van der Waals surface area (Å²) in [5, 5.41) is 68.0. The van der Waals surface area contributed by atoms with Gasteiger partial charge in [0.25, 0.3) is 0 Å². The van der Waals surface area contributed by atoms with E-state index in [2.05, 4.69) is 0 Å². The average Bonchev–Trinajstić information content (AvgIpc) is 2.59. The second-order valence-electron chi connectivity index (χ2n) is 5.74. The predicted octanol–water partition coefficient (Wildman–Crippen LogP) is -4.74. The summed E-state index contributed by atoms with van der Waals surface area (Å²) in [5.74, 6) is 0. The third kappa shape index (κ3) is 3.71. The Labute approximate surface area is 137 Å². The molecular formula is C13H24O11. The highest BCUT2D eigenvalue weighted by atomic mass is 16.7. The van der Waals surface area contributed by atoms with Crippen molar-refractivity contribution < 1.29 is 54.7 Å². The number of hydrogen-bond donors (Lipinski definition) is 7. The Morgan fingerprint density at radius 1 is 0.708 bits per heavy atom. The molecule has 2 heterocycles. The minimum absolute atomic E-state index is 0.592. The molecule has 2 aliphatic heterocycles. The molecule has 10 atom stereocenters. The van der Waals surface area contributed by atoms with E-state index in [0.29, 0.717) is 0 Å². The van der Waals surface area contributed by atoms with E-state index in [1.807, 2.05) is 0 Å². The molecule has 2 fully saturated rings. The van der Waals surface area contributed by atoms with Crippen LogP contribution < -0.4 is 0 Å². The van der Waals surface area contributed by atoms with Crippen LogP contribution in [0.25, 0.3) is 0 Å². The number of rotatable bonds is 5. The van der Waals surface area contributed by atoms with Gasteiger partial charge in [0.05, 0.1) is 13.2 Å². The average molecular weight is 356 g/mol. The monoisotopic (exact) mass is 356 g/mol. The minimum Gasteiger partial charge on any atom is -0.394 e. The standard InChI is InChI=1S/C13H24O11/c1-21-12-10(20)8(18)11(5(3-15)23-12)24-13-9(19)7(17)6(16)4(2-14)22-13/h4-20H,2-3H2,1H3/t4-,5-,6-,7+,8-,9+,10+,11-,12-,13-/m1/s1. The largest absolute Gasteiger partial charge is 0.394 e. The zero-order chi connectivity index (χ0) is 18.0. The lowest BCUT2D eigenvalue weighted by atomic mass is 9.97. The third-order valence-corrected chi connectivity index (χ3v) is 4.19.